The van der Waals surface area contributed by atoms with Crippen molar-refractivity contribution < 1.29 is 19.9 Å². The summed E-state index contributed by atoms with van der Waals surface area (Å²) >= 11 is 0. The SMILES string of the molecule is CN1C=CC(CN2CCC(C(=O)N3CCN(Cc4c(F)cccc4[NH2+]O)CC3)CC2)=CC1. The Morgan fingerprint density at radius 2 is 1.81 bits per heavy atom. The molecule has 7 nitrogen and oxygen atoms in total. The van der Waals surface area contributed by atoms with Crippen LogP contribution < -0.4 is 5.48 Å². The minimum atomic E-state index is -0.301. The van der Waals surface area contributed by atoms with E-state index in [1.54, 1.807) is 12.1 Å². The number of piperidine rings is 1. The van der Waals surface area contributed by atoms with Crippen LogP contribution in [0.5, 0.6) is 0 Å². The van der Waals surface area contributed by atoms with Crippen molar-refractivity contribution in [3.8, 4) is 0 Å². The topological polar surface area (TPSA) is 66.9 Å². The summed E-state index contributed by atoms with van der Waals surface area (Å²) in [5, 5.41) is 9.38. The molecule has 0 unspecified atom stereocenters. The molecule has 0 radical (unpaired) electrons. The molecule has 0 bridgehead atoms. The first-order valence-corrected chi connectivity index (χ1v) is 11.6. The third-order valence-electron chi connectivity index (χ3n) is 6.89. The second-order valence-electron chi connectivity index (χ2n) is 9.12. The lowest BCUT2D eigenvalue weighted by molar-refractivity contribution is -0.826. The van der Waals surface area contributed by atoms with Gasteiger partial charge in [-0.3, -0.25) is 14.6 Å². The molecular formula is C24H35FN5O2+. The molecule has 3 N–H and O–H groups in total. The number of rotatable bonds is 6. The van der Waals surface area contributed by atoms with Gasteiger partial charge in [0.05, 0.1) is 5.56 Å². The molecule has 1 aromatic rings. The Kier molecular flexibility index (Phi) is 7.57. The standard InChI is InChI=1S/C24H34FN5O2/c1-27-9-5-19(6-10-27)17-28-11-7-20(8-12-28)24(31)30-15-13-29(14-16-30)18-21-22(25)3-2-4-23(21)26-32/h2-6,9,20,26,32H,7-8,10-18H2,1H3/p+1. The molecule has 0 saturated carbocycles. The summed E-state index contributed by atoms with van der Waals surface area (Å²) in [5.74, 6) is 0.0875. The van der Waals surface area contributed by atoms with Crippen molar-refractivity contribution in [1.82, 2.24) is 19.6 Å². The van der Waals surface area contributed by atoms with Crippen LogP contribution in [0.4, 0.5) is 10.1 Å². The van der Waals surface area contributed by atoms with Crippen LogP contribution in [0.2, 0.25) is 0 Å². The van der Waals surface area contributed by atoms with E-state index >= 15 is 0 Å². The van der Waals surface area contributed by atoms with Crippen LogP contribution >= 0.6 is 0 Å². The van der Waals surface area contributed by atoms with Gasteiger partial charge in [-0.05, 0) is 49.8 Å². The molecule has 0 spiro atoms. The number of hydrogen-bond acceptors (Lipinski definition) is 5. The average molecular weight is 445 g/mol. The maximum Gasteiger partial charge on any atom is 0.225 e. The molecule has 0 atom stereocenters. The molecule has 174 valence electrons. The van der Waals surface area contributed by atoms with Crippen LogP contribution in [0, 0.1) is 11.7 Å². The largest absolute Gasteiger partial charge is 0.377 e. The van der Waals surface area contributed by atoms with Crippen LogP contribution in [0.1, 0.15) is 18.4 Å². The van der Waals surface area contributed by atoms with Gasteiger partial charge in [-0.1, -0.05) is 12.1 Å². The Bertz CT molecular complexity index is 858. The van der Waals surface area contributed by atoms with Crippen molar-refractivity contribution in [2.75, 3.05) is 59.4 Å². The van der Waals surface area contributed by atoms with E-state index in [0.717, 1.165) is 57.6 Å². The first-order valence-electron chi connectivity index (χ1n) is 11.6. The van der Waals surface area contributed by atoms with Gasteiger partial charge in [0.15, 0.2) is 5.69 Å². The lowest BCUT2D eigenvalue weighted by Gasteiger charge is -2.38. The number of likely N-dealkylation sites (tertiary alicyclic amines) is 1. The molecule has 32 heavy (non-hydrogen) atoms. The van der Waals surface area contributed by atoms with Crippen LogP contribution in [0.15, 0.2) is 42.1 Å². The van der Waals surface area contributed by atoms with Gasteiger partial charge >= 0.3 is 0 Å². The van der Waals surface area contributed by atoms with E-state index in [2.05, 4.69) is 40.1 Å². The number of likely N-dealkylation sites (N-methyl/N-ethyl adjacent to an activating group) is 1. The Morgan fingerprint density at radius 1 is 1.09 bits per heavy atom. The van der Waals surface area contributed by atoms with E-state index in [9.17, 15) is 14.4 Å². The molecule has 3 aliphatic rings. The summed E-state index contributed by atoms with van der Waals surface area (Å²) in [4.78, 5) is 21.8. The lowest BCUT2D eigenvalue weighted by Crippen LogP contribution is -2.74. The highest BCUT2D eigenvalue weighted by Crippen LogP contribution is 2.23. The van der Waals surface area contributed by atoms with Gasteiger partial charge in [0.2, 0.25) is 5.91 Å². The Balaban J connectivity index is 1.22. The predicted molar refractivity (Wildman–Crippen MR) is 121 cm³/mol. The Hall–Kier alpha value is -2.26. The number of halogens is 1. The van der Waals surface area contributed by atoms with Crippen LogP contribution in [0.25, 0.3) is 0 Å². The van der Waals surface area contributed by atoms with E-state index in [1.165, 1.54) is 11.6 Å². The third kappa shape index (κ3) is 5.56. The van der Waals surface area contributed by atoms with Gasteiger partial charge in [-0.2, -0.15) is 5.48 Å². The summed E-state index contributed by atoms with van der Waals surface area (Å²) in [5.41, 5.74) is 3.35. The number of nitrogens with zero attached hydrogens (tertiary/aromatic N) is 4. The summed E-state index contributed by atoms with van der Waals surface area (Å²) in [6, 6.07) is 4.74. The molecular weight excluding hydrogens is 409 g/mol. The fourth-order valence-electron chi connectivity index (χ4n) is 4.80. The molecule has 3 aliphatic heterocycles. The van der Waals surface area contributed by atoms with Crippen molar-refractivity contribution in [1.29, 1.82) is 0 Å². The van der Waals surface area contributed by atoms with Gasteiger partial charge in [-0.15, -0.1) is 0 Å². The third-order valence-corrected chi connectivity index (χ3v) is 6.89. The zero-order chi connectivity index (χ0) is 22.5. The Morgan fingerprint density at radius 3 is 2.47 bits per heavy atom. The highest BCUT2D eigenvalue weighted by atomic mass is 19.1. The van der Waals surface area contributed by atoms with E-state index in [4.69, 9.17) is 0 Å². The molecule has 2 fully saturated rings. The monoisotopic (exact) mass is 444 g/mol. The predicted octanol–water partition coefficient (Wildman–Crippen LogP) is 1.15. The summed E-state index contributed by atoms with van der Waals surface area (Å²) < 4.78 is 14.2. The summed E-state index contributed by atoms with van der Waals surface area (Å²) in [6.45, 7) is 7.09. The van der Waals surface area contributed by atoms with Crippen molar-refractivity contribution in [3.05, 3.63) is 53.5 Å². The van der Waals surface area contributed by atoms with Gasteiger partial charge in [0, 0.05) is 64.8 Å². The van der Waals surface area contributed by atoms with Crippen LogP contribution in [-0.4, -0.2) is 90.1 Å². The van der Waals surface area contributed by atoms with E-state index in [-0.39, 0.29) is 17.6 Å². The zero-order valence-corrected chi connectivity index (χ0v) is 18.9. The molecule has 1 aromatic carbocycles. The van der Waals surface area contributed by atoms with Crippen molar-refractivity contribution in [2.24, 2.45) is 5.92 Å². The van der Waals surface area contributed by atoms with Crippen molar-refractivity contribution >= 4 is 11.6 Å². The highest BCUT2D eigenvalue weighted by Gasteiger charge is 2.31. The zero-order valence-electron chi connectivity index (χ0n) is 18.9. The fourth-order valence-corrected chi connectivity index (χ4v) is 4.80. The number of nitrogens with two attached hydrogens (primary N) is 1. The highest BCUT2D eigenvalue weighted by molar-refractivity contribution is 5.79. The number of benzene rings is 1. The summed E-state index contributed by atoms with van der Waals surface area (Å²) in [7, 11) is 2.08. The molecule has 4 rings (SSSR count). The number of piperazine rings is 1. The van der Waals surface area contributed by atoms with Crippen LogP contribution in [-0.2, 0) is 11.3 Å². The van der Waals surface area contributed by atoms with E-state index in [0.29, 0.717) is 30.9 Å². The number of hydrogen-bond donors (Lipinski definition) is 2. The minimum Gasteiger partial charge on any atom is -0.377 e. The van der Waals surface area contributed by atoms with Gasteiger partial charge in [0.1, 0.15) is 5.82 Å². The van der Waals surface area contributed by atoms with Gasteiger partial charge in [0.25, 0.3) is 0 Å². The van der Waals surface area contributed by atoms with Crippen LogP contribution in [0.3, 0.4) is 0 Å². The van der Waals surface area contributed by atoms with E-state index in [1.807, 2.05) is 4.90 Å². The van der Waals surface area contributed by atoms with Gasteiger partial charge in [-0.25, -0.2) is 9.60 Å². The lowest BCUT2D eigenvalue weighted by atomic mass is 9.94. The summed E-state index contributed by atoms with van der Waals surface area (Å²) in [6.07, 6.45) is 8.42. The molecule has 0 aromatic heterocycles. The second-order valence-corrected chi connectivity index (χ2v) is 9.12. The average Bonchev–Trinajstić information content (AvgIpc) is 2.82. The van der Waals surface area contributed by atoms with E-state index < -0.39 is 0 Å². The Labute approximate surface area is 189 Å². The molecule has 8 heteroatoms. The molecule has 3 heterocycles. The number of quaternary nitrogens is 1. The smallest absolute Gasteiger partial charge is 0.225 e. The normalized spacial score (nSPS) is 21.2. The molecule has 1 amide bonds. The number of carbonyl (C=O) groups excluding carboxylic acids is 1. The van der Waals surface area contributed by atoms with Gasteiger partial charge < -0.3 is 9.80 Å². The molecule has 2 saturated heterocycles. The first-order chi connectivity index (χ1) is 15.5. The van der Waals surface area contributed by atoms with Crippen molar-refractivity contribution in [3.63, 3.8) is 0 Å². The van der Waals surface area contributed by atoms with Crippen molar-refractivity contribution in [2.45, 2.75) is 19.4 Å². The maximum atomic E-state index is 14.2. The minimum absolute atomic E-state index is 0.113. The number of amides is 1. The first kappa shape index (κ1) is 22.9. The number of carbonyl (C=O) groups is 1. The second kappa shape index (κ2) is 10.6. The maximum absolute atomic E-state index is 14.2. The molecule has 0 aliphatic carbocycles. The quantitative estimate of drug-likeness (QED) is 0.509. The fraction of sp³-hybridized carbons (Fsp3) is 0.542.